The van der Waals surface area contributed by atoms with Gasteiger partial charge in [0, 0.05) is 18.5 Å². The first-order chi connectivity index (χ1) is 13.2. The molecule has 0 saturated heterocycles. The van der Waals surface area contributed by atoms with E-state index in [0.717, 1.165) is 29.7 Å². The Labute approximate surface area is 158 Å². The Morgan fingerprint density at radius 1 is 1.11 bits per heavy atom. The second kappa shape index (κ2) is 6.81. The van der Waals surface area contributed by atoms with E-state index >= 15 is 0 Å². The fourth-order valence-electron chi connectivity index (χ4n) is 4.05. The lowest BCUT2D eigenvalue weighted by atomic mass is 9.84. The predicted molar refractivity (Wildman–Crippen MR) is 101 cm³/mol. The molecule has 0 amide bonds. The van der Waals surface area contributed by atoms with Gasteiger partial charge in [-0.15, -0.1) is 0 Å². The van der Waals surface area contributed by atoms with Crippen LogP contribution in [0.25, 0.3) is 5.70 Å². The quantitative estimate of drug-likeness (QED) is 0.838. The maximum atomic E-state index is 12.8. The van der Waals surface area contributed by atoms with E-state index in [-0.39, 0.29) is 17.4 Å². The molecule has 0 bridgehead atoms. The van der Waals surface area contributed by atoms with Crippen LogP contribution in [0.5, 0.6) is 11.5 Å². The standard InChI is InChI=1S/C22H20N2O3/c1-26-20-10-15-8-9-24-18(14-6-4-3-5-7-14)12-19(25)17(13-23)22(24)16(15)11-21(20)27-2/h3-7,10-11,18H,8-9,12H2,1-2H3. The smallest absolute Gasteiger partial charge is 0.177 e. The molecule has 2 aromatic rings. The maximum absolute atomic E-state index is 12.8. The van der Waals surface area contributed by atoms with Crippen LogP contribution in [0.15, 0.2) is 48.0 Å². The van der Waals surface area contributed by atoms with Crippen LogP contribution in [0.2, 0.25) is 0 Å². The molecule has 0 spiro atoms. The predicted octanol–water partition coefficient (Wildman–Crippen LogP) is 3.51. The zero-order valence-electron chi connectivity index (χ0n) is 15.4. The van der Waals surface area contributed by atoms with Gasteiger partial charge in [-0.2, -0.15) is 5.26 Å². The summed E-state index contributed by atoms with van der Waals surface area (Å²) in [4.78, 5) is 15.0. The summed E-state index contributed by atoms with van der Waals surface area (Å²) in [5.74, 6) is 1.14. The van der Waals surface area contributed by atoms with E-state index in [4.69, 9.17) is 9.47 Å². The second-order valence-corrected chi connectivity index (χ2v) is 6.70. The Balaban J connectivity index is 1.91. The number of carbonyl (C=O) groups excluding carboxylic acids is 1. The summed E-state index contributed by atoms with van der Waals surface area (Å²) in [6.45, 7) is 0.746. The number of Topliss-reactive ketones (excluding diaryl/α,β-unsaturated/α-hetero) is 1. The van der Waals surface area contributed by atoms with Gasteiger partial charge in [-0.05, 0) is 29.7 Å². The number of fused-ring (bicyclic) bond motifs is 3. The number of carbonyl (C=O) groups is 1. The van der Waals surface area contributed by atoms with Gasteiger partial charge in [-0.3, -0.25) is 4.79 Å². The Morgan fingerprint density at radius 2 is 1.81 bits per heavy atom. The van der Waals surface area contributed by atoms with Crippen molar-refractivity contribution in [2.75, 3.05) is 20.8 Å². The SMILES string of the molecule is COc1cc2c(cc1OC)C1=C(C#N)C(=O)CC(c3ccccc3)N1CC2. The van der Waals surface area contributed by atoms with Crippen LogP contribution >= 0.6 is 0 Å². The average Bonchev–Trinajstić information content (AvgIpc) is 2.72. The fourth-order valence-corrected chi connectivity index (χ4v) is 4.05. The van der Waals surface area contributed by atoms with Crippen LogP contribution in [-0.2, 0) is 11.2 Å². The summed E-state index contributed by atoms with van der Waals surface area (Å²) in [6, 6.07) is 15.9. The summed E-state index contributed by atoms with van der Waals surface area (Å²) in [6.07, 6.45) is 1.13. The van der Waals surface area contributed by atoms with Crippen LogP contribution in [0.1, 0.15) is 29.2 Å². The fraction of sp³-hybridized carbons (Fsp3) is 0.273. The van der Waals surface area contributed by atoms with E-state index < -0.39 is 0 Å². The summed E-state index contributed by atoms with van der Waals surface area (Å²) >= 11 is 0. The Bertz CT molecular complexity index is 973. The molecule has 4 rings (SSSR count). The lowest BCUT2D eigenvalue weighted by Crippen LogP contribution is -2.39. The van der Waals surface area contributed by atoms with Gasteiger partial charge in [0.05, 0.1) is 26.0 Å². The van der Waals surface area contributed by atoms with Crippen LogP contribution in [0, 0.1) is 11.3 Å². The minimum atomic E-state index is -0.111. The average molecular weight is 360 g/mol. The molecule has 1 atom stereocenters. The molecule has 0 radical (unpaired) electrons. The van der Waals surface area contributed by atoms with E-state index in [9.17, 15) is 10.1 Å². The van der Waals surface area contributed by atoms with Gasteiger partial charge in [0.2, 0.25) is 0 Å². The molecule has 2 aliphatic heterocycles. The van der Waals surface area contributed by atoms with Gasteiger partial charge in [0.15, 0.2) is 17.3 Å². The zero-order chi connectivity index (χ0) is 19.0. The first-order valence-corrected chi connectivity index (χ1v) is 8.92. The number of rotatable bonds is 3. The molecule has 0 fully saturated rings. The normalized spacial score (nSPS) is 18.5. The third-order valence-corrected chi connectivity index (χ3v) is 5.34. The first kappa shape index (κ1) is 17.2. The third kappa shape index (κ3) is 2.74. The molecule has 0 aliphatic carbocycles. The van der Waals surface area contributed by atoms with Crippen molar-refractivity contribution in [2.24, 2.45) is 0 Å². The van der Waals surface area contributed by atoms with Gasteiger partial charge in [-0.1, -0.05) is 30.3 Å². The van der Waals surface area contributed by atoms with Gasteiger partial charge in [-0.25, -0.2) is 0 Å². The van der Waals surface area contributed by atoms with Gasteiger partial charge >= 0.3 is 0 Å². The molecule has 5 nitrogen and oxygen atoms in total. The minimum absolute atomic E-state index is 0.0629. The van der Waals surface area contributed by atoms with E-state index in [1.54, 1.807) is 14.2 Å². The van der Waals surface area contributed by atoms with Crippen molar-refractivity contribution < 1.29 is 14.3 Å². The van der Waals surface area contributed by atoms with Crippen LogP contribution in [0.3, 0.4) is 0 Å². The molecule has 2 heterocycles. The highest BCUT2D eigenvalue weighted by atomic mass is 16.5. The summed E-state index contributed by atoms with van der Waals surface area (Å²) in [5.41, 5.74) is 3.97. The highest BCUT2D eigenvalue weighted by Crippen LogP contribution is 2.45. The molecule has 2 aromatic carbocycles. The molecular formula is C22H20N2O3. The maximum Gasteiger partial charge on any atom is 0.177 e. The van der Waals surface area contributed by atoms with Crippen molar-refractivity contribution in [3.8, 4) is 17.6 Å². The van der Waals surface area contributed by atoms with E-state index in [1.807, 2.05) is 42.5 Å². The molecule has 0 aromatic heterocycles. The van der Waals surface area contributed by atoms with Crippen molar-refractivity contribution in [1.29, 1.82) is 5.26 Å². The summed E-state index contributed by atoms with van der Waals surface area (Å²) in [5, 5.41) is 9.70. The Kier molecular flexibility index (Phi) is 4.33. The molecule has 0 N–H and O–H groups in total. The van der Waals surface area contributed by atoms with Crippen LogP contribution < -0.4 is 9.47 Å². The summed E-state index contributed by atoms with van der Waals surface area (Å²) in [7, 11) is 3.19. The van der Waals surface area contributed by atoms with Crippen molar-refractivity contribution in [3.63, 3.8) is 0 Å². The Morgan fingerprint density at radius 3 is 2.48 bits per heavy atom. The van der Waals surface area contributed by atoms with E-state index in [2.05, 4.69) is 11.0 Å². The molecule has 2 aliphatic rings. The number of nitrogens with zero attached hydrogens (tertiary/aromatic N) is 2. The topological polar surface area (TPSA) is 62.6 Å². The molecule has 1 unspecified atom stereocenters. The number of hydrogen-bond acceptors (Lipinski definition) is 5. The lowest BCUT2D eigenvalue weighted by molar-refractivity contribution is -0.116. The highest BCUT2D eigenvalue weighted by Gasteiger charge is 2.38. The molecule has 27 heavy (non-hydrogen) atoms. The first-order valence-electron chi connectivity index (χ1n) is 8.92. The van der Waals surface area contributed by atoms with Crippen molar-refractivity contribution in [3.05, 3.63) is 64.7 Å². The number of benzene rings is 2. The highest BCUT2D eigenvalue weighted by molar-refractivity contribution is 6.08. The summed E-state index contributed by atoms with van der Waals surface area (Å²) < 4.78 is 10.9. The van der Waals surface area contributed by atoms with Gasteiger partial charge in [0.25, 0.3) is 0 Å². The van der Waals surface area contributed by atoms with Crippen LogP contribution in [0.4, 0.5) is 0 Å². The van der Waals surface area contributed by atoms with Gasteiger partial charge < -0.3 is 14.4 Å². The third-order valence-electron chi connectivity index (χ3n) is 5.34. The molecular weight excluding hydrogens is 340 g/mol. The van der Waals surface area contributed by atoms with E-state index in [0.29, 0.717) is 23.6 Å². The van der Waals surface area contributed by atoms with Crippen LogP contribution in [-0.4, -0.2) is 31.4 Å². The lowest BCUT2D eigenvalue weighted by Gasteiger charge is -2.42. The second-order valence-electron chi connectivity index (χ2n) is 6.70. The number of methoxy groups -OCH3 is 2. The number of ketones is 1. The number of allylic oxidation sites excluding steroid dienone is 1. The van der Waals surface area contributed by atoms with Crippen molar-refractivity contribution in [1.82, 2.24) is 4.90 Å². The van der Waals surface area contributed by atoms with Crippen molar-refractivity contribution >= 4 is 11.5 Å². The minimum Gasteiger partial charge on any atom is -0.493 e. The molecule has 5 heteroatoms. The molecule has 0 saturated carbocycles. The molecule has 136 valence electrons. The Hall–Kier alpha value is -3.26. The largest absolute Gasteiger partial charge is 0.493 e. The van der Waals surface area contributed by atoms with E-state index in [1.165, 1.54) is 0 Å². The number of hydrogen-bond donors (Lipinski definition) is 0. The number of ether oxygens (including phenoxy) is 2. The van der Waals surface area contributed by atoms with Crippen molar-refractivity contribution in [2.45, 2.75) is 18.9 Å². The number of nitriles is 1. The monoisotopic (exact) mass is 360 g/mol. The zero-order valence-corrected chi connectivity index (χ0v) is 15.4. The van der Waals surface area contributed by atoms with Gasteiger partial charge in [0.1, 0.15) is 11.6 Å².